The number of nitrogens with one attached hydrogen (secondary N) is 1. The molecule has 24 heavy (non-hydrogen) atoms. The van der Waals surface area contributed by atoms with Crippen molar-refractivity contribution in [2.24, 2.45) is 0 Å². The van der Waals surface area contributed by atoms with E-state index in [2.05, 4.69) is 19.9 Å². The van der Waals surface area contributed by atoms with Gasteiger partial charge in [-0.25, -0.2) is 4.98 Å². The number of rotatable bonds is 8. The fourth-order valence-electron chi connectivity index (χ4n) is 1.79. The van der Waals surface area contributed by atoms with Crippen molar-refractivity contribution in [3.63, 3.8) is 0 Å². The van der Waals surface area contributed by atoms with Crippen LogP contribution in [0, 0.1) is 0 Å². The zero-order valence-corrected chi connectivity index (χ0v) is 15.2. The highest BCUT2D eigenvalue weighted by Crippen LogP contribution is 2.31. The summed E-state index contributed by atoms with van der Waals surface area (Å²) in [6.45, 7) is 1.15. The fraction of sp³-hybridized carbons (Fsp3) is 0.286. The minimum absolute atomic E-state index is 0.270. The number of methoxy groups -OCH3 is 1. The third-order valence-corrected chi connectivity index (χ3v) is 5.46. The number of benzene rings is 1. The molecular weight excluding hydrogens is 368 g/mol. The van der Waals surface area contributed by atoms with Gasteiger partial charge in [0.15, 0.2) is 10.0 Å². The molecule has 1 amide bonds. The number of fused-ring (bicyclic) bond motifs is 1. The molecule has 126 valence electrons. The highest BCUT2D eigenvalue weighted by molar-refractivity contribution is 8.01. The summed E-state index contributed by atoms with van der Waals surface area (Å²) in [6, 6.07) is 5.61. The number of nitrogens with zero attached hydrogens (tertiary/aromatic N) is 3. The Morgan fingerprint density at radius 1 is 1.38 bits per heavy atom. The van der Waals surface area contributed by atoms with Crippen LogP contribution in [0.5, 0.6) is 0 Å². The molecule has 0 radical (unpaired) electrons. The normalized spacial score (nSPS) is 11.0. The van der Waals surface area contributed by atoms with Crippen molar-refractivity contribution in [3.05, 3.63) is 29.3 Å². The summed E-state index contributed by atoms with van der Waals surface area (Å²) >= 11 is 4.25. The van der Waals surface area contributed by atoms with Gasteiger partial charge in [0.25, 0.3) is 5.91 Å². The SMILES string of the molecule is COCCOCSc1nc2ccc(NC(=O)c3csnn3)cc2s1. The number of hydrogen-bond acceptors (Lipinski definition) is 9. The third kappa shape index (κ3) is 4.48. The first-order valence-electron chi connectivity index (χ1n) is 6.95. The van der Waals surface area contributed by atoms with Crippen LogP contribution in [0.2, 0.25) is 0 Å². The molecule has 2 aromatic heterocycles. The van der Waals surface area contributed by atoms with Crippen molar-refractivity contribution in [2.45, 2.75) is 4.34 Å². The Morgan fingerprint density at radius 3 is 3.08 bits per heavy atom. The number of aromatic nitrogens is 3. The third-order valence-electron chi connectivity index (χ3n) is 2.92. The van der Waals surface area contributed by atoms with Crippen LogP contribution in [-0.4, -0.2) is 46.7 Å². The molecule has 0 atom stereocenters. The van der Waals surface area contributed by atoms with Crippen molar-refractivity contribution < 1.29 is 14.3 Å². The molecule has 2 heterocycles. The molecule has 0 aliphatic carbocycles. The number of carbonyl (C=O) groups is 1. The summed E-state index contributed by atoms with van der Waals surface area (Å²) in [7, 11) is 1.64. The largest absolute Gasteiger partial charge is 0.382 e. The van der Waals surface area contributed by atoms with Crippen molar-refractivity contribution in [3.8, 4) is 0 Å². The number of amides is 1. The van der Waals surface area contributed by atoms with Gasteiger partial charge in [0.2, 0.25) is 0 Å². The summed E-state index contributed by atoms with van der Waals surface area (Å²) in [4.78, 5) is 16.5. The van der Waals surface area contributed by atoms with Crippen molar-refractivity contribution in [1.29, 1.82) is 0 Å². The van der Waals surface area contributed by atoms with E-state index in [9.17, 15) is 4.79 Å². The molecule has 10 heteroatoms. The quantitative estimate of drug-likeness (QED) is 0.364. The summed E-state index contributed by atoms with van der Waals surface area (Å²) in [5.41, 5.74) is 1.92. The monoisotopic (exact) mass is 382 g/mol. The van der Waals surface area contributed by atoms with Crippen LogP contribution in [0.1, 0.15) is 10.5 Å². The highest BCUT2D eigenvalue weighted by Gasteiger charge is 2.11. The lowest BCUT2D eigenvalue weighted by Crippen LogP contribution is -2.12. The summed E-state index contributed by atoms with van der Waals surface area (Å²) in [5.74, 6) is 0.262. The van der Waals surface area contributed by atoms with E-state index in [0.717, 1.165) is 26.1 Å². The maximum Gasteiger partial charge on any atom is 0.277 e. The van der Waals surface area contributed by atoms with Crippen LogP contribution in [0.25, 0.3) is 10.2 Å². The molecule has 7 nitrogen and oxygen atoms in total. The van der Waals surface area contributed by atoms with Gasteiger partial charge in [0.1, 0.15) is 0 Å². The van der Waals surface area contributed by atoms with Gasteiger partial charge in [-0.1, -0.05) is 16.3 Å². The van der Waals surface area contributed by atoms with Crippen LogP contribution in [0.3, 0.4) is 0 Å². The maximum absolute atomic E-state index is 12.0. The molecule has 0 unspecified atom stereocenters. The van der Waals surface area contributed by atoms with E-state index in [1.54, 1.807) is 23.8 Å². The Hall–Kier alpha value is -1.59. The molecule has 0 saturated heterocycles. The Balaban J connectivity index is 1.62. The first kappa shape index (κ1) is 17.2. The van der Waals surface area contributed by atoms with E-state index in [0.29, 0.717) is 30.5 Å². The van der Waals surface area contributed by atoms with Gasteiger partial charge in [-0.2, -0.15) is 0 Å². The molecule has 0 spiro atoms. The molecule has 1 aromatic carbocycles. The zero-order valence-electron chi connectivity index (χ0n) is 12.7. The number of ether oxygens (including phenoxy) is 2. The summed E-state index contributed by atoms with van der Waals surface area (Å²) in [5, 5.41) is 8.18. The summed E-state index contributed by atoms with van der Waals surface area (Å²) < 4.78 is 16.0. The van der Waals surface area contributed by atoms with E-state index in [-0.39, 0.29) is 5.91 Å². The molecule has 1 N–H and O–H groups in total. The second-order valence-corrected chi connectivity index (χ2v) is 7.38. The number of anilines is 1. The first-order valence-corrected chi connectivity index (χ1v) is 9.58. The van der Waals surface area contributed by atoms with Gasteiger partial charge in [0.05, 0.1) is 29.4 Å². The number of hydrogen-bond donors (Lipinski definition) is 1. The number of thiazole rings is 1. The molecule has 0 bridgehead atoms. The van der Waals surface area contributed by atoms with Gasteiger partial charge in [-0.15, -0.1) is 16.4 Å². The number of carbonyl (C=O) groups excluding carboxylic acids is 1. The Kier molecular flexibility index (Phi) is 6.10. The van der Waals surface area contributed by atoms with E-state index >= 15 is 0 Å². The topological polar surface area (TPSA) is 86.2 Å². The minimum Gasteiger partial charge on any atom is -0.382 e. The first-order chi connectivity index (χ1) is 11.8. The van der Waals surface area contributed by atoms with E-state index in [4.69, 9.17) is 9.47 Å². The van der Waals surface area contributed by atoms with Gasteiger partial charge >= 0.3 is 0 Å². The van der Waals surface area contributed by atoms with E-state index in [1.165, 1.54) is 11.8 Å². The van der Waals surface area contributed by atoms with Gasteiger partial charge < -0.3 is 14.8 Å². The Bertz CT molecular complexity index is 807. The van der Waals surface area contributed by atoms with E-state index < -0.39 is 0 Å². The minimum atomic E-state index is -0.270. The standard InChI is InChI=1S/C14H14N4O3S3/c1-20-4-5-21-8-22-14-16-10-3-2-9(6-12(10)24-14)15-13(19)11-7-23-18-17-11/h2-3,6-7H,4-5,8H2,1H3,(H,15,19). The number of thioether (sulfide) groups is 1. The lowest BCUT2D eigenvalue weighted by atomic mass is 10.3. The second kappa shape index (κ2) is 8.49. The Labute approximate surface area is 150 Å². The van der Waals surface area contributed by atoms with Gasteiger partial charge in [-0.05, 0) is 29.7 Å². The van der Waals surface area contributed by atoms with Crippen LogP contribution in [-0.2, 0) is 9.47 Å². The average Bonchev–Trinajstić information content (AvgIpc) is 3.23. The van der Waals surface area contributed by atoms with Crippen LogP contribution >= 0.6 is 34.6 Å². The Morgan fingerprint density at radius 2 is 2.29 bits per heavy atom. The van der Waals surface area contributed by atoms with Crippen molar-refractivity contribution in [2.75, 3.05) is 31.6 Å². The lowest BCUT2D eigenvalue weighted by molar-refractivity contribution is 0.0953. The molecule has 0 saturated carbocycles. The van der Waals surface area contributed by atoms with Crippen LogP contribution in [0.15, 0.2) is 27.9 Å². The molecular formula is C14H14N4O3S3. The van der Waals surface area contributed by atoms with Crippen LogP contribution in [0.4, 0.5) is 5.69 Å². The zero-order chi connectivity index (χ0) is 16.8. The molecule has 3 rings (SSSR count). The van der Waals surface area contributed by atoms with Crippen molar-refractivity contribution in [1.82, 2.24) is 14.6 Å². The molecule has 0 fully saturated rings. The molecule has 3 aromatic rings. The predicted octanol–water partition coefficient (Wildman–Crippen LogP) is 3.11. The predicted molar refractivity (Wildman–Crippen MR) is 96.0 cm³/mol. The second-order valence-electron chi connectivity index (χ2n) is 4.57. The van der Waals surface area contributed by atoms with Crippen molar-refractivity contribution >= 4 is 56.4 Å². The van der Waals surface area contributed by atoms with E-state index in [1.807, 2.05) is 18.2 Å². The fourth-order valence-corrected chi connectivity index (χ4v) is 4.08. The maximum atomic E-state index is 12.0. The average molecular weight is 382 g/mol. The highest BCUT2D eigenvalue weighted by atomic mass is 32.2. The smallest absolute Gasteiger partial charge is 0.277 e. The lowest BCUT2D eigenvalue weighted by Gasteiger charge is -2.01. The summed E-state index contributed by atoms with van der Waals surface area (Å²) in [6.07, 6.45) is 0. The van der Waals surface area contributed by atoms with Crippen LogP contribution < -0.4 is 5.32 Å². The molecule has 0 aliphatic rings. The van der Waals surface area contributed by atoms with Gasteiger partial charge in [0, 0.05) is 18.2 Å². The molecule has 0 aliphatic heterocycles. The van der Waals surface area contributed by atoms with Gasteiger partial charge in [-0.3, -0.25) is 4.79 Å².